The third kappa shape index (κ3) is 5.57. The van der Waals surface area contributed by atoms with Crippen molar-refractivity contribution < 1.29 is 23.9 Å². The van der Waals surface area contributed by atoms with Crippen molar-refractivity contribution in [1.29, 1.82) is 0 Å². The Hall–Kier alpha value is -3.74. The van der Waals surface area contributed by atoms with Crippen LogP contribution < -0.4 is 0 Å². The summed E-state index contributed by atoms with van der Waals surface area (Å²) in [7, 11) is 0. The van der Waals surface area contributed by atoms with Crippen LogP contribution in [0.3, 0.4) is 0 Å². The zero-order valence-corrected chi connectivity index (χ0v) is 21.9. The molecule has 0 saturated heterocycles. The van der Waals surface area contributed by atoms with Gasteiger partial charge in [-0.05, 0) is 55.4 Å². The quantitative estimate of drug-likeness (QED) is 0.196. The van der Waals surface area contributed by atoms with Crippen LogP contribution in [0.15, 0.2) is 83.4 Å². The Morgan fingerprint density at radius 1 is 0.974 bits per heavy atom. The summed E-state index contributed by atoms with van der Waals surface area (Å²) in [5.41, 5.74) is 6.31. The van der Waals surface area contributed by atoms with E-state index in [-0.39, 0.29) is 5.97 Å². The van der Waals surface area contributed by atoms with Crippen LogP contribution >= 0.6 is 0 Å². The summed E-state index contributed by atoms with van der Waals surface area (Å²) in [6.07, 6.45) is 1.76. The molecule has 1 saturated carbocycles. The third-order valence-corrected chi connectivity index (χ3v) is 7.24. The first-order valence-corrected chi connectivity index (χ1v) is 13.2. The Kier molecular flexibility index (Phi) is 7.72. The topological polar surface area (TPSA) is 81.8 Å². The van der Waals surface area contributed by atoms with Crippen LogP contribution in [0.1, 0.15) is 42.1 Å². The second-order valence-corrected chi connectivity index (χ2v) is 9.80. The number of ether oxygens (including phenoxy) is 2. The molecule has 196 valence electrons. The van der Waals surface area contributed by atoms with Crippen LogP contribution in [0.5, 0.6) is 0 Å². The molecule has 6 nitrogen and oxygen atoms in total. The van der Waals surface area contributed by atoms with Crippen LogP contribution in [0, 0.1) is 6.92 Å². The number of hydrogen-bond acceptors (Lipinski definition) is 6. The van der Waals surface area contributed by atoms with Gasteiger partial charge in [0.25, 0.3) is 0 Å². The van der Waals surface area contributed by atoms with Crippen molar-refractivity contribution >= 4 is 5.97 Å². The standard InChI is InChI=1S/C32H33NO5/c1-3-36-31(35)32(18-19-32)27-15-13-25(14-16-27)24-9-11-26(12-10-24)30-28(22(2)33-38-30)21-29(34)37-20-17-23-7-5-4-6-8-23/h4-16,29,34H,3,17-21H2,1-2H3. The number of rotatable bonds is 11. The molecule has 1 heterocycles. The lowest BCUT2D eigenvalue weighted by atomic mass is 9.93. The molecule has 0 radical (unpaired) electrons. The number of esters is 1. The van der Waals surface area contributed by atoms with E-state index in [4.69, 9.17) is 14.0 Å². The molecule has 6 heteroatoms. The molecule has 0 aliphatic heterocycles. The van der Waals surface area contributed by atoms with Crippen LogP contribution in [0.4, 0.5) is 0 Å². The highest BCUT2D eigenvalue weighted by Gasteiger charge is 2.52. The summed E-state index contributed by atoms with van der Waals surface area (Å²) in [6.45, 7) is 4.54. The molecule has 1 aliphatic carbocycles. The first-order chi connectivity index (χ1) is 18.5. The number of aryl methyl sites for hydroxylation is 1. The Balaban J connectivity index is 1.24. The molecule has 38 heavy (non-hydrogen) atoms. The second kappa shape index (κ2) is 11.3. The maximum Gasteiger partial charge on any atom is 0.316 e. The van der Waals surface area contributed by atoms with Crippen molar-refractivity contribution in [2.45, 2.75) is 51.2 Å². The van der Waals surface area contributed by atoms with Crippen molar-refractivity contribution in [3.8, 4) is 22.5 Å². The van der Waals surface area contributed by atoms with Crippen LogP contribution in [-0.2, 0) is 32.5 Å². The average Bonchev–Trinajstić information content (AvgIpc) is 3.69. The highest BCUT2D eigenvalue weighted by molar-refractivity contribution is 5.87. The van der Waals surface area contributed by atoms with E-state index in [2.05, 4.69) is 17.3 Å². The lowest BCUT2D eigenvalue weighted by Crippen LogP contribution is -2.23. The Labute approximate surface area is 223 Å². The fourth-order valence-electron chi connectivity index (χ4n) is 4.85. The van der Waals surface area contributed by atoms with Gasteiger partial charge in [-0.3, -0.25) is 4.79 Å². The molecule has 1 atom stereocenters. The zero-order valence-electron chi connectivity index (χ0n) is 21.9. The number of carbonyl (C=O) groups is 1. The van der Waals surface area contributed by atoms with E-state index in [0.717, 1.165) is 52.8 Å². The lowest BCUT2D eigenvalue weighted by Gasteiger charge is -2.15. The van der Waals surface area contributed by atoms with E-state index in [9.17, 15) is 9.90 Å². The molecule has 0 amide bonds. The van der Waals surface area contributed by atoms with Gasteiger partial charge in [0.15, 0.2) is 12.1 Å². The van der Waals surface area contributed by atoms with Gasteiger partial charge in [0.05, 0.1) is 24.3 Å². The number of carbonyl (C=O) groups excluding carboxylic acids is 1. The SMILES string of the molecule is CCOC(=O)C1(c2ccc(-c3ccc(-c4onc(C)c4CC(O)OCCc4ccccc4)cc3)cc2)CC1. The summed E-state index contributed by atoms with van der Waals surface area (Å²) in [5.74, 6) is 0.516. The van der Waals surface area contributed by atoms with Crippen molar-refractivity contribution in [2.24, 2.45) is 0 Å². The normalized spacial score (nSPS) is 14.7. The summed E-state index contributed by atoms with van der Waals surface area (Å²) < 4.78 is 16.6. The largest absolute Gasteiger partial charge is 0.465 e. The molecule has 0 bridgehead atoms. The van der Waals surface area contributed by atoms with Gasteiger partial charge in [-0.1, -0.05) is 84.0 Å². The van der Waals surface area contributed by atoms with E-state index in [1.54, 1.807) is 0 Å². The van der Waals surface area contributed by atoms with Crippen LogP contribution in [0.25, 0.3) is 22.5 Å². The average molecular weight is 512 g/mol. The van der Waals surface area contributed by atoms with Crippen molar-refractivity contribution in [2.75, 3.05) is 13.2 Å². The Morgan fingerprint density at radius 2 is 1.61 bits per heavy atom. The van der Waals surface area contributed by atoms with Gasteiger partial charge in [0.2, 0.25) is 0 Å². The molecule has 0 spiro atoms. The molecule has 1 aliphatic rings. The van der Waals surface area contributed by atoms with Gasteiger partial charge in [0.1, 0.15) is 0 Å². The molecular formula is C32H33NO5. The minimum absolute atomic E-state index is 0.123. The highest BCUT2D eigenvalue weighted by Crippen LogP contribution is 2.49. The van der Waals surface area contributed by atoms with Crippen molar-refractivity contribution in [1.82, 2.24) is 5.16 Å². The van der Waals surface area contributed by atoms with E-state index >= 15 is 0 Å². The van der Waals surface area contributed by atoms with E-state index in [1.165, 1.54) is 5.56 Å². The summed E-state index contributed by atoms with van der Waals surface area (Å²) in [5, 5.41) is 14.7. The monoisotopic (exact) mass is 511 g/mol. The molecule has 1 unspecified atom stereocenters. The fraction of sp³-hybridized carbons (Fsp3) is 0.312. The van der Waals surface area contributed by atoms with Gasteiger partial charge < -0.3 is 19.1 Å². The molecule has 4 aromatic rings. The molecular weight excluding hydrogens is 478 g/mol. The van der Waals surface area contributed by atoms with E-state index in [1.807, 2.05) is 80.6 Å². The first kappa shape index (κ1) is 25.9. The smallest absolute Gasteiger partial charge is 0.316 e. The number of hydrogen-bond donors (Lipinski definition) is 1. The predicted molar refractivity (Wildman–Crippen MR) is 145 cm³/mol. The van der Waals surface area contributed by atoms with Gasteiger partial charge in [-0.15, -0.1) is 0 Å². The van der Waals surface area contributed by atoms with E-state index in [0.29, 0.717) is 25.4 Å². The summed E-state index contributed by atoms with van der Waals surface area (Å²) in [4.78, 5) is 12.4. The minimum atomic E-state index is -0.947. The number of aliphatic hydroxyl groups excluding tert-OH is 1. The zero-order chi connectivity index (χ0) is 26.5. The highest BCUT2D eigenvalue weighted by atomic mass is 16.6. The van der Waals surface area contributed by atoms with Gasteiger partial charge >= 0.3 is 5.97 Å². The Morgan fingerprint density at radius 3 is 2.24 bits per heavy atom. The molecule has 5 rings (SSSR count). The number of aromatic nitrogens is 1. The van der Waals surface area contributed by atoms with Gasteiger partial charge in [-0.25, -0.2) is 0 Å². The fourth-order valence-corrected chi connectivity index (χ4v) is 4.85. The van der Waals surface area contributed by atoms with Gasteiger partial charge in [-0.2, -0.15) is 0 Å². The van der Waals surface area contributed by atoms with Crippen LogP contribution in [-0.4, -0.2) is 35.7 Å². The summed E-state index contributed by atoms with van der Waals surface area (Å²) in [6, 6.07) is 26.3. The second-order valence-electron chi connectivity index (χ2n) is 9.80. The summed E-state index contributed by atoms with van der Waals surface area (Å²) >= 11 is 0. The molecule has 3 aromatic carbocycles. The minimum Gasteiger partial charge on any atom is -0.465 e. The third-order valence-electron chi connectivity index (χ3n) is 7.24. The molecule has 1 aromatic heterocycles. The Bertz CT molecular complexity index is 1360. The van der Waals surface area contributed by atoms with Gasteiger partial charge in [0, 0.05) is 17.5 Å². The van der Waals surface area contributed by atoms with Crippen molar-refractivity contribution in [3.05, 3.63) is 101 Å². The van der Waals surface area contributed by atoms with Crippen molar-refractivity contribution in [3.63, 3.8) is 0 Å². The maximum absolute atomic E-state index is 12.4. The van der Waals surface area contributed by atoms with Crippen LogP contribution in [0.2, 0.25) is 0 Å². The number of benzene rings is 3. The molecule has 1 N–H and O–H groups in total. The number of nitrogens with zero attached hydrogens (tertiary/aromatic N) is 1. The number of aliphatic hydroxyl groups is 1. The first-order valence-electron chi connectivity index (χ1n) is 13.2. The van der Waals surface area contributed by atoms with E-state index < -0.39 is 11.7 Å². The molecule has 1 fully saturated rings. The predicted octanol–water partition coefficient (Wildman–Crippen LogP) is 6.03. The maximum atomic E-state index is 12.4. The lowest BCUT2D eigenvalue weighted by molar-refractivity contribution is -0.146.